The first kappa shape index (κ1) is 17.0. The number of piperidine rings is 1. The minimum Gasteiger partial charge on any atom is -0.454 e. The molecule has 1 fully saturated rings. The number of halogens is 1. The number of thiazole rings is 1. The number of amides is 1. The number of nitrogens with one attached hydrogen (secondary N) is 2. The van der Waals surface area contributed by atoms with Gasteiger partial charge in [-0.1, -0.05) is 6.42 Å². The highest BCUT2D eigenvalue weighted by atomic mass is 35.5. The van der Waals surface area contributed by atoms with Crippen molar-refractivity contribution in [2.45, 2.75) is 25.3 Å². The maximum atomic E-state index is 12.2. The van der Waals surface area contributed by atoms with Crippen LogP contribution in [0.2, 0.25) is 0 Å². The van der Waals surface area contributed by atoms with Crippen LogP contribution in [0.1, 0.15) is 19.3 Å². The van der Waals surface area contributed by atoms with E-state index in [9.17, 15) is 4.79 Å². The van der Waals surface area contributed by atoms with E-state index < -0.39 is 0 Å². The fourth-order valence-corrected chi connectivity index (χ4v) is 3.51. The van der Waals surface area contributed by atoms with Crippen molar-refractivity contribution < 1.29 is 14.3 Å². The van der Waals surface area contributed by atoms with Crippen LogP contribution in [0.3, 0.4) is 0 Å². The van der Waals surface area contributed by atoms with Gasteiger partial charge < -0.3 is 20.1 Å². The molecule has 1 aromatic carbocycles. The molecule has 0 saturated carbocycles. The van der Waals surface area contributed by atoms with Crippen LogP contribution in [0, 0.1) is 0 Å². The van der Waals surface area contributed by atoms with Gasteiger partial charge in [-0.3, -0.25) is 4.79 Å². The summed E-state index contributed by atoms with van der Waals surface area (Å²) in [6, 6.07) is 5.62. The predicted molar refractivity (Wildman–Crippen MR) is 95.2 cm³/mol. The van der Waals surface area contributed by atoms with Crippen LogP contribution in [-0.2, 0) is 4.79 Å². The lowest BCUT2D eigenvalue weighted by molar-refractivity contribution is -0.118. The van der Waals surface area contributed by atoms with Crippen LogP contribution in [0.4, 0.5) is 5.13 Å². The minimum atomic E-state index is -0.110. The topological polar surface area (TPSA) is 72.5 Å². The van der Waals surface area contributed by atoms with E-state index in [1.54, 1.807) is 0 Å². The van der Waals surface area contributed by atoms with Gasteiger partial charge in [0.25, 0.3) is 0 Å². The van der Waals surface area contributed by atoms with Crippen molar-refractivity contribution in [3.05, 3.63) is 23.6 Å². The summed E-state index contributed by atoms with van der Waals surface area (Å²) in [5.74, 6) is 1.48. The Bertz CT molecular complexity index is 731. The van der Waals surface area contributed by atoms with Crippen LogP contribution in [0.15, 0.2) is 23.6 Å². The maximum absolute atomic E-state index is 12.2. The third kappa shape index (κ3) is 3.48. The van der Waals surface area contributed by atoms with Gasteiger partial charge in [0.15, 0.2) is 16.6 Å². The molecule has 1 aromatic heterocycles. The number of benzene rings is 1. The molecular formula is C16H18ClN3O3S. The summed E-state index contributed by atoms with van der Waals surface area (Å²) in [6.07, 6.45) is 3.10. The Hall–Kier alpha value is -1.83. The minimum absolute atomic E-state index is 0. The zero-order valence-electron chi connectivity index (χ0n) is 12.9. The van der Waals surface area contributed by atoms with Gasteiger partial charge in [0.2, 0.25) is 12.7 Å². The molecule has 0 radical (unpaired) electrons. The smallest absolute Gasteiger partial charge is 0.243 e. The highest BCUT2D eigenvalue weighted by molar-refractivity contribution is 7.14. The number of fused-ring (bicyclic) bond motifs is 1. The van der Waals surface area contributed by atoms with Gasteiger partial charge in [0.1, 0.15) is 0 Å². The first-order chi connectivity index (χ1) is 11.3. The largest absolute Gasteiger partial charge is 0.454 e. The predicted octanol–water partition coefficient (Wildman–Crippen LogP) is 3.04. The number of hydrogen-bond acceptors (Lipinski definition) is 6. The quantitative estimate of drug-likeness (QED) is 0.872. The SMILES string of the molecule is Cl.O=C(Nc1nc(-c2ccc3c(c2)OCO3)cs1)C1CCCCN1. The second kappa shape index (κ2) is 7.38. The maximum Gasteiger partial charge on any atom is 0.243 e. The van der Waals surface area contributed by atoms with Crippen LogP contribution in [0.5, 0.6) is 11.5 Å². The first-order valence-electron chi connectivity index (χ1n) is 7.69. The number of rotatable bonds is 3. The Morgan fingerprint density at radius 2 is 2.17 bits per heavy atom. The number of carbonyl (C=O) groups is 1. The molecule has 1 saturated heterocycles. The number of carbonyl (C=O) groups excluding carboxylic acids is 1. The Kier molecular flexibility index (Phi) is 5.23. The van der Waals surface area contributed by atoms with Gasteiger partial charge in [-0.05, 0) is 37.6 Å². The molecule has 3 heterocycles. The number of aromatic nitrogens is 1. The Labute approximate surface area is 150 Å². The average Bonchev–Trinajstić information content (AvgIpc) is 3.23. The number of ether oxygens (including phenoxy) is 2. The molecule has 2 aliphatic heterocycles. The summed E-state index contributed by atoms with van der Waals surface area (Å²) in [6.45, 7) is 1.16. The van der Waals surface area contributed by atoms with Crippen LogP contribution >= 0.6 is 23.7 Å². The molecule has 24 heavy (non-hydrogen) atoms. The molecular weight excluding hydrogens is 350 g/mol. The van der Waals surface area contributed by atoms with E-state index in [-0.39, 0.29) is 31.1 Å². The summed E-state index contributed by atoms with van der Waals surface area (Å²) in [5, 5.41) is 8.70. The van der Waals surface area contributed by atoms with Crippen LogP contribution in [0.25, 0.3) is 11.3 Å². The third-order valence-electron chi connectivity index (χ3n) is 4.03. The molecule has 2 N–H and O–H groups in total. The third-order valence-corrected chi connectivity index (χ3v) is 4.79. The van der Waals surface area contributed by atoms with Crippen molar-refractivity contribution in [1.82, 2.24) is 10.3 Å². The van der Waals surface area contributed by atoms with E-state index in [1.165, 1.54) is 11.3 Å². The molecule has 8 heteroatoms. The Morgan fingerprint density at radius 3 is 3.00 bits per heavy atom. The fourth-order valence-electron chi connectivity index (χ4n) is 2.79. The molecule has 1 atom stereocenters. The van der Waals surface area contributed by atoms with Crippen molar-refractivity contribution in [1.29, 1.82) is 0 Å². The summed E-state index contributed by atoms with van der Waals surface area (Å²) in [7, 11) is 0. The van der Waals surface area contributed by atoms with E-state index in [4.69, 9.17) is 9.47 Å². The molecule has 2 aliphatic rings. The molecule has 0 aliphatic carbocycles. The van der Waals surface area contributed by atoms with Crippen LogP contribution < -0.4 is 20.1 Å². The van der Waals surface area contributed by atoms with Crippen molar-refractivity contribution in [3.8, 4) is 22.8 Å². The molecule has 0 bridgehead atoms. The molecule has 4 rings (SSSR count). The Balaban J connectivity index is 0.00000169. The van der Waals surface area contributed by atoms with Gasteiger partial charge in [0, 0.05) is 10.9 Å². The molecule has 2 aromatic rings. The van der Waals surface area contributed by atoms with E-state index in [2.05, 4.69) is 15.6 Å². The summed E-state index contributed by atoms with van der Waals surface area (Å²) in [4.78, 5) is 16.7. The van der Waals surface area contributed by atoms with E-state index in [0.717, 1.165) is 48.6 Å². The number of anilines is 1. The Morgan fingerprint density at radius 1 is 1.29 bits per heavy atom. The standard InChI is InChI=1S/C16H17N3O3S.ClH/c20-15(11-3-1-2-6-17-11)19-16-18-12(8-23-16)10-4-5-13-14(7-10)22-9-21-13;/h4-5,7-8,11,17H,1-3,6,9H2,(H,18,19,20);1H. The van der Waals surface area contributed by atoms with Crippen molar-refractivity contribution in [3.63, 3.8) is 0 Å². The highest BCUT2D eigenvalue weighted by Crippen LogP contribution is 2.36. The second-order valence-electron chi connectivity index (χ2n) is 5.60. The van der Waals surface area contributed by atoms with Crippen LogP contribution in [-0.4, -0.2) is 30.3 Å². The summed E-state index contributed by atoms with van der Waals surface area (Å²) in [5.41, 5.74) is 1.77. The van der Waals surface area contributed by atoms with E-state index in [0.29, 0.717) is 5.13 Å². The number of hydrogen-bond donors (Lipinski definition) is 2. The molecule has 1 unspecified atom stereocenters. The van der Waals surface area contributed by atoms with Gasteiger partial charge in [-0.15, -0.1) is 23.7 Å². The molecule has 128 valence electrons. The zero-order chi connectivity index (χ0) is 15.6. The summed E-state index contributed by atoms with van der Waals surface area (Å²) < 4.78 is 10.7. The van der Waals surface area contributed by atoms with Gasteiger partial charge >= 0.3 is 0 Å². The lowest BCUT2D eigenvalue weighted by atomic mass is 10.0. The zero-order valence-corrected chi connectivity index (χ0v) is 14.5. The van der Waals surface area contributed by atoms with Gasteiger partial charge in [0.05, 0.1) is 11.7 Å². The normalized spacial score (nSPS) is 18.8. The van der Waals surface area contributed by atoms with Gasteiger partial charge in [-0.25, -0.2) is 4.98 Å². The average molecular weight is 368 g/mol. The van der Waals surface area contributed by atoms with Crippen molar-refractivity contribution in [2.75, 3.05) is 18.7 Å². The molecule has 1 amide bonds. The van der Waals surface area contributed by atoms with E-state index in [1.807, 2.05) is 23.6 Å². The number of nitrogens with zero attached hydrogens (tertiary/aromatic N) is 1. The van der Waals surface area contributed by atoms with Crippen molar-refractivity contribution >= 4 is 34.8 Å². The molecule has 0 spiro atoms. The second-order valence-corrected chi connectivity index (χ2v) is 6.46. The lowest BCUT2D eigenvalue weighted by Gasteiger charge is -2.21. The fraction of sp³-hybridized carbons (Fsp3) is 0.375. The monoisotopic (exact) mass is 367 g/mol. The van der Waals surface area contributed by atoms with Gasteiger partial charge in [-0.2, -0.15) is 0 Å². The highest BCUT2D eigenvalue weighted by Gasteiger charge is 2.21. The summed E-state index contributed by atoms with van der Waals surface area (Å²) >= 11 is 1.43. The van der Waals surface area contributed by atoms with Crippen molar-refractivity contribution in [2.24, 2.45) is 0 Å². The molecule has 6 nitrogen and oxygen atoms in total. The first-order valence-corrected chi connectivity index (χ1v) is 8.57. The van der Waals surface area contributed by atoms with E-state index >= 15 is 0 Å². The lowest BCUT2D eigenvalue weighted by Crippen LogP contribution is -2.43.